The van der Waals surface area contributed by atoms with Gasteiger partial charge in [-0.25, -0.2) is 0 Å². The van der Waals surface area contributed by atoms with Crippen LogP contribution in [-0.4, -0.2) is 37.5 Å². The molecule has 0 aromatic heterocycles. The summed E-state index contributed by atoms with van der Waals surface area (Å²) in [6.45, 7) is 0.906. The maximum Gasteiger partial charge on any atom is 0.313 e. The quantitative estimate of drug-likeness (QED) is 0.528. The van der Waals surface area contributed by atoms with Gasteiger partial charge in [0.15, 0.2) is 0 Å². The Kier molecular flexibility index (Phi) is 2.65. The van der Waals surface area contributed by atoms with E-state index in [1.807, 2.05) is 0 Å². The van der Waals surface area contributed by atoms with Crippen molar-refractivity contribution in [2.24, 2.45) is 5.92 Å². The second-order valence-electron chi connectivity index (χ2n) is 2.13. The van der Waals surface area contributed by atoms with E-state index in [0.29, 0.717) is 13.2 Å². The van der Waals surface area contributed by atoms with Gasteiger partial charge in [0, 0.05) is 0 Å². The highest BCUT2D eigenvalue weighted by Gasteiger charge is 2.27. The number of hydrogen-bond donors (Lipinski definition) is 1. The SMILES string of the molecule is O=C(OCCO)C1COC1. The molecule has 0 aliphatic carbocycles. The van der Waals surface area contributed by atoms with Crippen molar-refractivity contribution in [1.82, 2.24) is 0 Å². The van der Waals surface area contributed by atoms with Crippen molar-refractivity contribution in [3.05, 3.63) is 0 Å². The summed E-state index contributed by atoms with van der Waals surface area (Å²) in [5.41, 5.74) is 0. The summed E-state index contributed by atoms with van der Waals surface area (Å²) in [5.74, 6) is -0.355. The Bertz CT molecular complexity index is 119. The molecule has 0 bridgehead atoms. The van der Waals surface area contributed by atoms with E-state index in [0.717, 1.165) is 0 Å². The first-order chi connectivity index (χ1) is 4.84. The van der Waals surface area contributed by atoms with E-state index in [1.54, 1.807) is 0 Å². The highest BCUT2D eigenvalue weighted by Crippen LogP contribution is 2.10. The lowest BCUT2D eigenvalue weighted by Crippen LogP contribution is -2.36. The first-order valence-corrected chi connectivity index (χ1v) is 3.20. The van der Waals surface area contributed by atoms with Crippen molar-refractivity contribution in [3.8, 4) is 0 Å². The summed E-state index contributed by atoms with van der Waals surface area (Å²) < 4.78 is 9.40. The smallest absolute Gasteiger partial charge is 0.313 e. The minimum absolute atomic E-state index is 0.0912. The van der Waals surface area contributed by atoms with Gasteiger partial charge in [0.25, 0.3) is 0 Å². The molecule has 0 unspecified atom stereocenters. The third-order valence-corrected chi connectivity index (χ3v) is 1.31. The number of carbonyl (C=O) groups is 1. The van der Waals surface area contributed by atoms with Gasteiger partial charge in [-0.1, -0.05) is 0 Å². The molecule has 0 aromatic rings. The molecule has 0 aromatic carbocycles. The van der Waals surface area contributed by atoms with Crippen LogP contribution in [0.2, 0.25) is 0 Å². The Balaban J connectivity index is 2.08. The molecule has 0 amide bonds. The first kappa shape index (κ1) is 7.50. The highest BCUT2D eigenvalue weighted by atomic mass is 16.6. The normalized spacial score (nSPS) is 18.1. The standard InChI is InChI=1S/C6H10O4/c7-1-2-10-6(8)5-3-9-4-5/h5,7H,1-4H2. The molecule has 1 rings (SSSR count). The molecule has 1 saturated heterocycles. The Morgan fingerprint density at radius 1 is 1.70 bits per heavy atom. The third-order valence-electron chi connectivity index (χ3n) is 1.31. The molecular weight excluding hydrogens is 136 g/mol. The average Bonchev–Trinajstić information content (AvgIpc) is 1.79. The maximum absolute atomic E-state index is 10.8. The van der Waals surface area contributed by atoms with E-state index in [2.05, 4.69) is 4.74 Å². The lowest BCUT2D eigenvalue weighted by atomic mass is 10.1. The molecule has 0 saturated carbocycles. The van der Waals surface area contributed by atoms with E-state index < -0.39 is 0 Å². The number of aliphatic hydroxyl groups is 1. The predicted octanol–water partition coefficient (Wildman–Crippen LogP) is -0.832. The number of carbonyl (C=O) groups excluding carboxylic acids is 1. The summed E-state index contributed by atoms with van der Waals surface area (Å²) in [6, 6.07) is 0. The fraction of sp³-hybridized carbons (Fsp3) is 0.833. The molecule has 0 atom stereocenters. The first-order valence-electron chi connectivity index (χ1n) is 3.20. The van der Waals surface area contributed by atoms with Gasteiger partial charge in [-0.15, -0.1) is 0 Å². The van der Waals surface area contributed by atoms with Crippen LogP contribution in [0, 0.1) is 5.92 Å². The molecule has 0 radical (unpaired) electrons. The van der Waals surface area contributed by atoms with Gasteiger partial charge in [0.2, 0.25) is 0 Å². The molecular formula is C6H10O4. The number of ether oxygens (including phenoxy) is 2. The van der Waals surface area contributed by atoms with Gasteiger partial charge in [0.1, 0.15) is 12.5 Å². The van der Waals surface area contributed by atoms with Crippen molar-refractivity contribution in [3.63, 3.8) is 0 Å². The summed E-state index contributed by atoms with van der Waals surface area (Å²) in [7, 11) is 0. The van der Waals surface area contributed by atoms with Gasteiger partial charge >= 0.3 is 5.97 Å². The zero-order chi connectivity index (χ0) is 7.40. The van der Waals surface area contributed by atoms with Crippen LogP contribution in [0.15, 0.2) is 0 Å². The molecule has 0 spiro atoms. The molecule has 10 heavy (non-hydrogen) atoms. The van der Waals surface area contributed by atoms with E-state index in [-0.39, 0.29) is 25.1 Å². The van der Waals surface area contributed by atoms with Crippen LogP contribution in [0.4, 0.5) is 0 Å². The van der Waals surface area contributed by atoms with E-state index in [1.165, 1.54) is 0 Å². The fourth-order valence-electron chi connectivity index (χ4n) is 0.636. The van der Waals surface area contributed by atoms with E-state index in [9.17, 15) is 4.79 Å². The van der Waals surface area contributed by atoms with Crippen LogP contribution in [0.5, 0.6) is 0 Å². The molecule has 1 fully saturated rings. The Morgan fingerprint density at radius 3 is 2.80 bits per heavy atom. The molecule has 4 heteroatoms. The molecule has 58 valence electrons. The molecule has 1 aliphatic heterocycles. The molecule has 1 N–H and O–H groups in total. The summed E-state index contributed by atoms with van der Waals surface area (Å²) in [4.78, 5) is 10.8. The van der Waals surface area contributed by atoms with Gasteiger partial charge in [-0.2, -0.15) is 0 Å². The Labute approximate surface area is 58.7 Å². The van der Waals surface area contributed by atoms with Crippen molar-refractivity contribution in [1.29, 1.82) is 0 Å². The second-order valence-corrected chi connectivity index (χ2v) is 2.13. The van der Waals surface area contributed by atoms with Crippen LogP contribution in [0.25, 0.3) is 0 Å². The predicted molar refractivity (Wildman–Crippen MR) is 32.4 cm³/mol. The molecule has 1 heterocycles. The van der Waals surface area contributed by atoms with Gasteiger partial charge in [-0.3, -0.25) is 4.79 Å². The average molecular weight is 146 g/mol. The van der Waals surface area contributed by atoms with E-state index >= 15 is 0 Å². The van der Waals surface area contributed by atoms with Crippen LogP contribution in [0.3, 0.4) is 0 Å². The van der Waals surface area contributed by atoms with Gasteiger partial charge in [0.05, 0.1) is 19.8 Å². The van der Waals surface area contributed by atoms with Crippen molar-refractivity contribution >= 4 is 5.97 Å². The molecule has 4 nitrogen and oxygen atoms in total. The second kappa shape index (κ2) is 3.53. The minimum atomic E-state index is -0.264. The zero-order valence-corrected chi connectivity index (χ0v) is 5.58. The van der Waals surface area contributed by atoms with Crippen LogP contribution >= 0.6 is 0 Å². The number of aliphatic hydroxyl groups excluding tert-OH is 1. The maximum atomic E-state index is 10.8. The number of esters is 1. The monoisotopic (exact) mass is 146 g/mol. The van der Waals surface area contributed by atoms with Gasteiger partial charge in [-0.05, 0) is 0 Å². The Hall–Kier alpha value is -0.610. The lowest BCUT2D eigenvalue weighted by Gasteiger charge is -2.23. The van der Waals surface area contributed by atoms with Crippen LogP contribution in [-0.2, 0) is 14.3 Å². The number of rotatable bonds is 3. The zero-order valence-electron chi connectivity index (χ0n) is 5.58. The third kappa shape index (κ3) is 1.68. The molecule has 1 aliphatic rings. The van der Waals surface area contributed by atoms with Crippen molar-refractivity contribution in [2.75, 3.05) is 26.4 Å². The lowest BCUT2D eigenvalue weighted by molar-refractivity contribution is -0.164. The number of hydrogen-bond acceptors (Lipinski definition) is 4. The fourth-order valence-corrected chi connectivity index (χ4v) is 0.636. The summed E-state index contributed by atoms with van der Waals surface area (Å²) >= 11 is 0. The Morgan fingerprint density at radius 2 is 2.40 bits per heavy atom. The topological polar surface area (TPSA) is 55.8 Å². The highest BCUT2D eigenvalue weighted by molar-refractivity contribution is 5.73. The van der Waals surface area contributed by atoms with Crippen molar-refractivity contribution in [2.45, 2.75) is 0 Å². The van der Waals surface area contributed by atoms with Crippen LogP contribution < -0.4 is 0 Å². The van der Waals surface area contributed by atoms with Crippen LogP contribution in [0.1, 0.15) is 0 Å². The minimum Gasteiger partial charge on any atom is -0.463 e. The van der Waals surface area contributed by atoms with Crippen molar-refractivity contribution < 1.29 is 19.4 Å². The van der Waals surface area contributed by atoms with E-state index in [4.69, 9.17) is 9.84 Å². The summed E-state index contributed by atoms with van der Waals surface area (Å²) in [6.07, 6.45) is 0. The van der Waals surface area contributed by atoms with Gasteiger partial charge < -0.3 is 14.6 Å². The largest absolute Gasteiger partial charge is 0.463 e. The summed E-state index contributed by atoms with van der Waals surface area (Å²) in [5, 5.41) is 8.28.